The van der Waals surface area contributed by atoms with E-state index in [0.717, 1.165) is 42.5 Å². The molecular formula is C24H30N2O2S. The molecule has 5 heteroatoms. The number of fused-ring (bicyclic) bond motifs is 2. The number of nitrogens with zero attached hydrogens (tertiary/aromatic N) is 2. The average Bonchev–Trinajstić information content (AvgIpc) is 3.38. The Labute approximate surface area is 174 Å². The summed E-state index contributed by atoms with van der Waals surface area (Å²) in [7, 11) is -3.43. The van der Waals surface area contributed by atoms with Crippen LogP contribution < -0.4 is 0 Å². The number of hydrogen-bond donors (Lipinski definition) is 0. The fourth-order valence-electron chi connectivity index (χ4n) is 5.46. The quantitative estimate of drug-likeness (QED) is 0.728. The van der Waals surface area contributed by atoms with E-state index in [1.807, 2.05) is 18.2 Å². The minimum Gasteiger partial charge on any atom is -0.296 e. The Hall–Kier alpha value is -1.69. The Morgan fingerprint density at radius 3 is 2.41 bits per heavy atom. The Morgan fingerprint density at radius 1 is 0.897 bits per heavy atom. The highest BCUT2D eigenvalue weighted by Gasteiger charge is 2.34. The van der Waals surface area contributed by atoms with Gasteiger partial charge in [0.25, 0.3) is 0 Å². The monoisotopic (exact) mass is 410 g/mol. The van der Waals surface area contributed by atoms with Crippen LogP contribution in [0.3, 0.4) is 0 Å². The zero-order valence-corrected chi connectivity index (χ0v) is 17.8. The molecule has 0 unspecified atom stereocenters. The smallest absolute Gasteiger partial charge is 0.243 e. The Bertz CT molecular complexity index is 965. The van der Waals surface area contributed by atoms with E-state index in [2.05, 4.69) is 29.2 Å². The largest absolute Gasteiger partial charge is 0.296 e. The van der Waals surface area contributed by atoms with Gasteiger partial charge in [0.1, 0.15) is 0 Å². The van der Waals surface area contributed by atoms with Crippen LogP contribution >= 0.6 is 0 Å². The third kappa shape index (κ3) is 3.76. The molecule has 2 atom stereocenters. The molecule has 1 aliphatic carbocycles. The highest BCUT2D eigenvalue weighted by molar-refractivity contribution is 7.89. The van der Waals surface area contributed by atoms with E-state index in [1.165, 1.54) is 37.8 Å². The molecule has 4 nitrogen and oxygen atoms in total. The Balaban J connectivity index is 1.38. The van der Waals surface area contributed by atoms with E-state index in [0.29, 0.717) is 18.0 Å². The fraction of sp³-hybridized carbons (Fsp3) is 0.500. The van der Waals surface area contributed by atoms with Crippen LogP contribution in [0.1, 0.15) is 44.1 Å². The molecule has 0 radical (unpaired) electrons. The molecule has 3 aliphatic rings. The van der Waals surface area contributed by atoms with Crippen molar-refractivity contribution in [2.75, 3.05) is 19.6 Å². The van der Waals surface area contributed by atoms with E-state index < -0.39 is 10.0 Å². The molecular weight excluding hydrogens is 380 g/mol. The molecule has 2 aromatic carbocycles. The van der Waals surface area contributed by atoms with Crippen molar-refractivity contribution in [1.82, 2.24) is 9.21 Å². The maximum atomic E-state index is 13.2. The lowest BCUT2D eigenvalue weighted by Crippen LogP contribution is -2.28. The molecule has 154 valence electrons. The number of sulfonamides is 1. The molecule has 5 rings (SSSR count). The van der Waals surface area contributed by atoms with E-state index in [9.17, 15) is 8.42 Å². The first-order chi connectivity index (χ1) is 14.1. The van der Waals surface area contributed by atoms with Gasteiger partial charge in [-0.2, -0.15) is 4.31 Å². The van der Waals surface area contributed by atoms with E-state index in [-0.39, 0.29) is 0 Å². The van der Waals surface area contributed by atoms with Crippen LogP contribution in [-0.2, 0) is 16.6 Å². The predicted octanol–water partition coefficient (Wildman–Crippen LogP) is 4.51. The standard InChI is InChI=1S/C24H30N2O2S/c27-29(28,26-14-3-4-15-26)24-9-2-1-8-23(24)21-12-10-19(11-13-21)17-25-18-20-6-5-7-22(25)16-20/h1-2,8-13,20,22H,3-7,14-18H2/t20-,22+/m0/s1. The second-order valence-corrected chi connectivity index (χ2v) is 10.8. The van der Waals surface area contributed by atoms with Crippen LogP contribution in [0.15, 0.2) is 53.4 Å². The van der Waals surface area contributed by atoms with E-state index in [4.69, 9.17) is 0 Å². The predicted molar refractivity (Wildman–Crippen MR) is 116 cm³/mol. The summed E-state index contributed by atoms with van der Waals surface area (Å²) >= 11 is 0. The first kappa shape index (κ1) is 19.3. The molecule has 2 saturated heterocycles. The number of likely N-dealkylation sites (tertiary alicyclic amines) is 1. The normalized spacial score (nSPS) is 25.5. The van der Waals surface area contributed by atoms with Crippen LogP contribution in [0.25, 0.3) is 11.1 Å². The minimum absolute atomic E-state index is 0.433. The lowest BCUT2D eigenvalue weighted by atomic mass is 9.90. The maximum absolute atomic E-state index is 13.2. The highest BCUT2D eigenvalue weighted by Crippen LogP contribution is 2.36. The average molecular weight is 411 g/mol. The fourth-order valence-corrected chi connectivity index (χ4v) is 7.19. The SMILES string of the molecule is O=S(=O)(c1ccccc1-c1ccc(CN2C[C@H]3CCC[C@@H]2C3)cc1)N1CCCC1. The summed E-state index contributed by atoms with van der Waals surface area (Å²) < 4.78 is 27.9. The highest BCUT2D eigenvalue weighted by atomic mass is 32.2. The van der Waals surface area contributed by atoms with Crippen molar-refractivity contribution < 1.29 is 8.42 Å². The second kappa shape index (κ2) is 7.86. The maximum Gasteiger partial charge on any atom is 0.243 e. The van der Waals surface area contributed by atoms with Gasteiger partial charge in [-0.15, -0.1) is 0 Å². The molecule has 2 aliphatic heterocycles. The molecule has 29 heavy (non-hydrogen) atoms. The summed E-state index contributed by atoms with van der Waals surface area (Å²) in [5, 5.41) is 0. The van der Waals surface area contributed by atoms with Crippen molar-refractivity contribution in [1.29, 1.82) is 0 Å². The molecule has 0 spiro atoms. The van der Waals surface area contributed by atoms with Crippen molar-refractivity contribution in [2.45, 2.75) is 56.0 Å². The molecule has 2 aromatic rings. The summed E-state index contributed by atoms with van der Waals surface area (Å²) in [6.07, 6.45) is 7.40. The number of hydrogen-bond acceptors (Lipinski definition) is 3. The molecule has 2 heterocycles. The van der Waals surface area contributed by atoms with Gasteiger partial charge in [0.15, 0.2) is 0 Å². The topological polar surface area (TPSA) is 40.6 Å². The van der Waals surface area contributed by atoms with Gasteiger partial charge in [-0.25, -0.2) is 8.42 Å². The van der Waals surface area contributed by atoms with Crippen molar-refractivity contribution >= 4 is 10.0 Å². The summed E-state index contributed by atoms with van der Waals surface area (Å²) in [5.74, 6) is 0.899. The first-order valence-corrected chi connectivity index (χ1v) is 12.5. The van der Waals surface area contributed by atoms with E-state index in [1.54, 1.807) is 10.4 Å². The summed E-state index contributed by atoms with van der Waals surface area (Å²) in [5.41, 5.74) is 3.11. The molecule has 0 amide bonds. The number of rotatable bonds is 5. The molecule has 2 bridgehead atoms. The van der Waals surface area contributed by atoms with Crippen LogP contribution in [0.5, 0.6) is 0 Å². The Morgan fingerprint density at radius 2 is 1.66 bits per heavy atom. The van der Waals surface area contributed by atoms with E-state index >= 15 is 0 Å². The van der Waals surface area contributed by atoms with Gasteiger partial charge in [0.05, 0.1) is 4.90 Å². The molecule has 1 saturated carbocycles. The summed E-state index contributed by atoms with van der Waals surface area (Å²) in [4.78, 5) is 3.08. The minimum atomic E-state index is -3.43. The second-order valence-electron chi connectivity index (χ2n) is 8.92. The van der Waals surface area contributed by atoms with Crippen LogP contribution in [0.4, 0.5) is 0 Å². The van der Waals surface area contributed by atoms with Gasteiger partial charge in [-0.05, 0) is 55.2 Å². The molecule has 0 N–H and O–H groups in total. The first-order valence-electron chi connectivity index (χ1n) is 11.0. The summed E-state index contributed by atoms with van der Waals surface area (Å²) in [6, 6.07) is 16.7. The Kier molecular flexibility index (Phi) is 5.23. The zero-order chi connectivity index (χ0) is 19.8. The lowest BCUT2D eigenvalue weighted by molar-refractivity contribution is 0.237. The van der Waals surface area contributed by atoms with Gasteiger partial charge in [-0.3, -0.25) is 4.90 Å². The van der Waals surface area contributed by atoms with Crippen LogP contribution in [-0.4, -0.2) is 43.3 Å². The van der Waals surface area contributed by atoms with Crippen molar-refractivity contribution in [3.8, 4) is 11.1 Å². The van der Waals surface area contributed by atoms with Gasteiger partial charge >= 0.3 is 0 Å². The van der Waals surface area contributed by atoms with Crippen molar-refractivity contribution in [3.05, 3.63) is 54.1 Å². The van der Waals surface area contributed by atoms with Gasteiger partial charge in [-0.1, -0.05) is 48.9 Å². The van der Waals surface area contributed by atoms with Gasteiger partial charge in [0, 0.05) is 37.8 Å². The third-order valence-electron chi connectivity index (χ3n) is 6.98. The third-order valence-corrected chi connectivity index (χ3v) is 8.94. The summed E-state index contributed by atoms with van der Waals surface area (Å²) in [6.45, 7) is 3.51. The van der Waals surface area contributed by atoms with Crippen LogP contribution in [0, 0.1) is 5.92 Å². The van der Waals surface area contributed by atoms with Gasteiger partial charge < -0.3 is 0 Å². The van der Waals surface area contributed by atoms with Crippen molar-refractivity contribution in [2.24, 2.45) is 5.92 Å². The number of benzene rings is 2. The molecule has 3 fully saturated rings. The molecule has 0 aromatic heterocycles. The lowest BCUT2D eigenvalue weighted by Gasteiger charge is -2.24. The zero-order valence-electron chi connectivity index (χ0n) is 17.0. The van der Waals surface area contributed by atoms with Crippen molar-refractivity contribution in [3.63, 3.8) is 0 Å². The van der Waals surface area contributed by atoms with Gasteiger partial charge in [0.2, 0.25) is 10.0 Å². The van der Waals surface area contributed by atoms with Crippen LogP contribution in [0.2, 0.25) is 0 Å².